The average molecular weight is 316 g/mol. The average Bonchev–Trinajstić information content (AvgIpc) is 2.79. The van der Waals surface area contributed by atoms with Crippen LogP contribution in [-0.2, 0) is 6.54 Å². The monoisotopic (exact) mass is 315 g/mol. The Labute approximate surface area is 133 Å². The Balaban J connectivity index is 1.80. The van der Waals surface area contributed by atoms with Gasteiger partial charge in [0.15, 0.2) is 11.5 Å². The third-order valence-electron chi connectivity index (χ3n) is 3.25. The first-order chi connectivity index (χ1) is 10.8. The Morgan fingerprint density at radius 2 is 2.18 bits per heavy atom. The van der Waals surface area contributed by atoms with Gasteiger partial charge in [0.2, 0.25) is 0 Å². The maximum atomic E-state index is 9.06. The first-order valence-corrected chi connectivity index (χ1v) is 7.33. The van der Waals surface area contributed by atoms with Crippen molar-refractivity contribution in [3.8, 4) is 17.6 Å². The minimum Gasteiger partial charge on any atom is -0.489 e. The zero-order valence-corrected chi connectivity index (χ0v) is 12.6. The highest BCUT2D eigenvalue weighted by Crippen LogP contribution is 2.38. The molecule has 0 saturated heterocycles. The lowest BCUT2D eigenvalue weighted by Gasteiger charge is -2.12. The van der Waals surface area contributed by atoms with Crippen LogP contribution in [0.25, 0.3) is 0 Å². The molecule has 1 aromatic heterocycles. The van der Waals surface area contributed by atoms with Crippen LogP contribution >= 0.6 is 11.6 Å². The summed E-state index contributed by atoms with van der Waals surface area (Å²) in [5, 5.41) is 12.7. The van der Waals surface area contributed by atoms with E-state index in [2.05, 4.69) is 16.4 Å². The second kappa shape index (κ2) is 6.54. The van der Waals surface area contributed by atoms with Crippen molar-refractivity contribution in [1.82, 2.24) is 4.98 Å². The van der Waals surface area contributed by atoms with E-state index in [0.717, 1.165) is 12.0 Å². The summed E-state index contributed by atoms with van der Waals surface area (Å²) in [5.41, 5.74) is 1.44. The summed E-state index contributed by atoms with van der Waals surface area (Å²) in [7, 11) is 0. The van der Waals surface area contributed by atoms with Crippen molar-refractivity contribution >= 4 is 17.4 Å². The van der Waals surface area contributed by atoms with Crippen molar-refractivity contribution in [1.29, 1.82) is 5.26 Å². The maximum absolute atomic E-state index is 9.06. The fourth-order valence-corrected chi connectivity index (χ4v) is 2.50. The van der Waals surface area contributed by atoms with Gasteiger partial charge in [0.25, 0.3) is 0 Å². The lowest BCUT2D eigenvalue weighted by atomic mass is 10.2. The van der Waals surface area contributed by atoms with Gasteiger partial charge < -0.3 is 14.8 Å². The predicted octanol–water partition coefficient (Wildman–Crippen LogP) is 3.38. The van der Waals surface area contributed by atoms with Crippen molar-refractivity contribution in [2.24, 2.45) is 0 Å². The van der Waals surface area contributed by atoms with Gasteiger partial charge in [0, 0.05) is 19.2 Å². The quantitative estimate of drug-likeness (QED) is 0.940. The van der Waals surface area contributed by atoms with Gasteiger partial charge in [0.05, 0.1) is 23.8 Å². The largest absolute Gasteiger partial charge is 0.489 e. The molecule has 5 nitrogen and oxygen atoms in total. The number of nitriles is 1. The Morgan fingerprint density at radius 1 is 1.32 bits per heavy atom. The molecule has 6 heteroatoms. The lowest BCUT2D eigenvalue weighted by molar-refractivity contribution is 0.297. The molecule has 1 aromatic carbocycles. The van der Waals surface area contributed by atoms with Crippen LogP contribution in [0.2, 0.25) is 5.02 Å². The molecule has 2 heterocycles. The number of nitrogens with zero attached hydrogens (tertiary/aromatic N) is 2. The highest BCUT2D eigenvalue weighted by atomic mass is 35.5. The molecule has 1 aliphatic heterocycles. The number of anilines is 1. The van der Waals surface area contributed by atoms with E-state index in [-0.39, 0.29) is 0 Å². The summed E-state index contributed by atoms with van der Waals surface area (Å²) in [6.07, 6.45) is 2.47. The molecule has 0 saturated carbocycles. The lowest BCUT2D eigenvalue weighted by Crippen LogP contribution is -2.04. The SMILES string of the molecule is N#Cc1cccnc1NCc1cc(Cl)c2c(c1)OCCCO2. The Bertz CT molecular complexity index is 728. The van der Waals surface area contributed by atoms with Gasteiger partial charge in [-0.25, -0.2) is 4.98 Å². The molecule has 0 bridgehead atoms. The van der Waals surface area contributed by atoms with Crippen molar-refractivity contribution in [2.45, 2.75) is 13.0 Å². The zero-order chi connectivity index (χ0) is 15.4. The molecule has 0 aliphatic carbocycles. The zero-order valence-electron chi connectivity index (χ0n) is 11.8. The van der Waals surface area contributed by atoms with Gasteiger partial charge in [-0.1, -0.05) is 11.6 Å². The fraction of sp³-hybridized carbons (Fsp3) is 0.250. The number of benzene rings is 1. The molecule has 1 aliphatic rings. The number of nitrogens with one attached hydrogen (secondary N) is 1. The Kier molecular flexibility index (Phi) is 4.31. The smallest absolute Gasteiger partial charge is 0.179 e. The van der Waals surface area contributed by atoms with Crippen LogP contribution in [0.15, 0.2) is 30.5 Å². The van der Waals surface area contributed by atoms with E-state index < -0.39 is 0 Å². The molecule has 1 N–H and O–H groups in total. The van der Waals surface area contributed by atoms with Crippen molar-refractivity contribution in [2.75, 3.05) is 18.5 Å². The molecule has 0 atom stereocenters. The van der Waals surface area contributed by atoms with Gasteiger partial charge in [-0.15, -0.1) is 0 Å². The number of pyridine rings is 1. The molecular formula is C16H14ClN3O2. The third-order valence-corrected chi connectivity index (χ3v) is 3.53. The second-order valence-corrected chi connectivity index (χ2v) is 5.23. The number of fused-ring (bicyclic) bond motifs is 1. The van der Waals surface area contributed by atoms with Crippen molar-refractivity contribution < 1.29 is 9.47 Å². The summed E-state index contributed by atoms with van der Waals surface area (Å²) >= 11 is 6.26. The highest BCUT2D eigenvalue weighted by molar-refractivity contribution is 6.32. The van der Waals surface area contributed by atoms with E-state index in [1.54, 1.807) is 18.3 Å². The normalized spacial score (nSPS) is 13.1. The standard InChI is InChI=1S/C16H14ClN3O2/c17-13-7-11(8-14-15(13)22-6-2-5-21-14)10-20-16-12(9-18)3-1-4-19-16/h1,3-4,7-8H,2,5-6,10H2,(H,19,20). The summed E-state index contributed by atoms with van der Waals surface area (Å²) in [6, 6.07) is 9.28. The second-order valence-electron chi connectivity index (χ2n) is 4.82. The molecular weight excluding hydrogens is 302 g/mol. The Morgan fingerprint density at radius 3 is 3.05 bits per heavy atom. The van der Waals surface area contributed by atoms with Crippen LogP contribution < -0.4 is 14.8 Å². The molecule has 112 valence electrons. The van der Waals surface area contributed by atoms with Gasteiger partial charge >= 0.3 is 0 Å². The van der Waals surface area contributed by atoms with E-state index in [1.165, 1.54) is 0 Å². The van der Waals surface area contributed by atoms with Crippen molar-refractivity contribution in [3.63, 3.8) is 0 Å². The van der Waals surface area contributed by atoms with Crippen LogP contribution in [0.4, 0.5) is 5.82 Å². The summed E-state index contributed by atoms with van der Waals surface area (Å²) in [5.74, 6) is 1.80. The van der Waals surface area contributed by atoms with Crippen molar-refractivity contribution in [3.05, 3.63) is 46.6 Å². The summed E-state index contributed by atoms with van der Waals surface area (Å²) in [4.78, 5) is 4.17. The minimum absolute atomic E-state index is 0.488. The Hall–Kier alpha value is -2.45. The number of hydrogen-bond acceptors (Lipinski definition) is 5. The van der Waals surface area contributed by atoms with Crippen LogP contribution in [0, 0.1) is 11.3 Å². The van der Waals surface area contributed by atoms with Crippen LogP contribution in [0.5, 0.6) is 11.5 Å². The number of aromatic nitrogens is 1. The van der Waals surface area contributed by atoms with E-state index in [0.29, 0.717) is 47.7 Å². The fourth-order valence-electron chi connectivity index (χ4n) is 2.21. The molecule has 0 fully saturated rings. The van der Waals surface area contributed by atoms with E-state index in [4.69, 9.17) is 26.3 Å². The summed E-state index contributed by atoms with van der Waals surface area (Å²) in [6.45, 7) is 1.70. The van der Waals surface area contributed by atoms with Gasteiger partial charge in [0.1, 0.15) is 11.9 Å². The van der Waals surface area contributed by atoms with Gasteiger partial charge in [-0.3, -0.25) is 0 Å². The third kappa shape index (κ3) is 3.07. The number of ether oxygens (including phenoxy) is 2. The number of rotatable bonds is 3. The van der Waals surface area contributed by atoms with Crippen LogP contribution in [0.3, 0.4) is 0 Å². The molecule has 2 aromatic rings. The molecule has 3 rings (SSSR count). The van der Waals surface area contributed by atoms with E-state index in [9.17, 15) is 0 Å². The highest BCUT2D eigenvalue weighted by Gasteiger charge is 2.15. The van der Waals surface area contributed by atoms with Crippen LogP contribution in [-0.4, -0.2) is 18.2 Å². The van der Waals surface area contributed by atoms with E-state index >= 15 is 0 Å². The minimum atomic E-state index is 0.488. The first kappa shape index (κ1) is 14.5. The van der Waals surface area contributed by atoms with Gasteiger partial charge in [-0.2, -0.15) is 5.26 Å². The molecule has 0 spiro atoms. The number of halogens is 1. The molecule has 0 radical (unpaired) electrons. The predicted molar refractivity (Wildman–Crippen MR) is 83.3 cm³/mol. The molecule has 0 amide bonds. The number of hydrogen-bond donors (Lipinski definition) is 1. The first-order valence-electron chi connectivity index (χ1n) is 6.95. The topological polar surface area (TPSA) is 67.2 Å². The van der Waals surface area contributed by atoms with E-state index in [1.807, 2.05) is 12.1 Å². The molecule has 0 unspecified atom stereocenters. The van der Waals surface area contributed by atoms with Crippen LogP contribution in [0.1, 0.15) is 17.5 Å². The maximum Gasteiger partial charge on any atom is 0.179 e. The molecule has 22 heavy (non-hydrogen) atoms. The van der Waals surface area contributed by atoms with Gasteiger partial charge in [-0.05, 0) is 29.8 Å². The summed E-state index contributed by atoms with van der Waals surface area (Å²) < 4.78 is 11.3.